The van der Waals surface area contributed by atoms with E-state index in [0.717, 1.165) is 41.4 Å². The maximum absolute atomic E-state index is 13.5. The summed E-state index contributed by atoms with van der Waals surface area (Å²) in [7, 11) is 0. The van der Waals surface area contributed by atoms with Crippen LogP contribution in [-0.2, 0) is 4.79 Å². The van der Waals surface area contributed by atoms with Gasteiger partial charge in [-0.15, -0.1) is 0 Å². The molecule has 6 heteroatoms. The van der Waals surface area contributed by atoms with Gasteiger partial charge in [0, 0.05) is 0 Å². The third-order valence-electron chi connectivity index (χ3n) is 7.94. The van der Waals surface area contributed by atoms with E-state index in [2.05, 4.69) is 5.32 Å². The van der Waals surface area contributed by atoms with Gasteiger partial charge in [0.15, 0.2) is 0 Å². The smallest absolute Gasteiger partial charge is 0.282 e. The van der Waals surface area contributed by atoms with Gasteiger partial charge in [0.1, 0.15) is 0 Å². The minimum absolute atomic E-state index is 0.00969. The first kappa shape index (κ1) is 18.3. The molecule has 2 atom stereocenters. The highest BCUT2D eigenvalue weighted by molar-refractivity contribution is 6.09. The van der Waals surface area contributed by atoms with Crippen LogP contribution in [0.4, 0.5) is 14.5 Å². The fourth-order valence-corrected chi connectivity index (χ4v) is 6.76. The quantitative estimate of drug-likeness (QED) is 0.798. The molecule has 4 saturated carbocycles. The van der Waals surface area contributed by atoms with Crippen molar-refractivity contribution in [3.05, 3.63) is 42.0 Å². The molecule has 1 saturated heterocycles. The highest BCUT2D eigenvalue weighted by atomic mass is 19.3. The number of rotatable bonds is 3. The lowest BCUT2D eigenvalue weighted by Gasteiger charge is -2.39. The van der Waals surface area contributed by atoms with Gasteiger partial charge >= 0.3 is 0 Å². The number of amides is 2. The molecule has 2 unspecified atom stereocenters. The van der Waals surface area contributed by atoms with E-state index in [1.54, 1.807) is 6.07 Å². The topological polar surface area (TPSA) is 49.4 Å². The average molecular weight is 410 g/mol. The van der Waals surface area contributed by atoms with Crippen LogP contribution in [0.5, 0.6) is 0 Å². The monoisotopic (exact) mass is 410 g/mol. The number of nitrogens with one attached hydrogen (secondary N) is 1. The van der Waals surface area contributed by atoms with Gasteiger partial charge in [-0.2, -0.15) is 0 Å². The van der Waals surface area contributed by atoms with Crippen LogP contribution < -0.4 is 5.32 Å². The fourth-order valence-electron chi connectivity index (χ4n) is 6.76. The largest absolute Gasteiger partial charge is 0.326 e. The molecule has 5 aliphatic rings. The number of hydrogen-bond donors (Lipinski definition) is 1. The van der Waals surface area contributed by atoms with Crippen molar-refractivity contribution >= 4 is 28.3 Å². The van der Waals surface area contributed by atoms with Gasteiger partial charge in [0.05, 0.1) is 29.8 Å². The first-order valence-corrected chi connectivity index (χ1v) is 10.8. The van der Waals surface area contributed by atoms with Gasteiger partial charge in [-0.3, -0.25) is 9.59 Å². The van der Waals surface area contributed by atoms with Crippen LogP contribution in [0.1, 0.15) is 42.5 Å². The maximum Gasteiger partial charge on any atom is 0.282 e. The van der Waals surface area contributed by atoms with Crippen LogP contribution in [0, 0.1) is 23.2 Å². The molecule has 1 aliphatic heterocycles. The number of anilines is 1. The molecule has 0 aromatic heterocycles. The molecule has 30 heavy (non-hydrogen) atoms. The van der Waals surface area contributed by atoms with E-state index < -0.39 is 24.9 Å². The average Bonchev–Trinajstić information content (AvgIpc) is 3.10. The SMILES string of the molecule is O=C(c1cc2ccccc2cc1NC(=O)C12CC3CC(CC1C3)C2)N1CC(F)(F)C1. The van der Waals surface area contributed by atoms with Gasteiger partial charge in [0.25, 0.3) is 11.8 Å². The predicted octanol–water partition coefficient (Wildman–Crippen LogP) is 4.70. The van der Waals surface area contributed by atoms with E-state index >= 15 is 0 Å². The number of carbonyl (C=O) groups excluding carboxylic acids is 2. The summed E-state index contributed by atoms with van der Waals surface area (Å²) in [6, 6.07) is 11.1. The Labute approximate surface area is 173 Å². The summed E-state index contributed by atoms with van der Waals surface area (Å²) in [5.41, 5.74) is 0.426. The third kappa shape index (κ3) is 2.62. The zero-order valence-corrected chi connectivity index (χ0v) is 16.7. The molecule has 2 aromatic carbocycles. The van der Waals surface area contributed by atoms with E-state index in [9.17, 15) is 18.4 Å². The van der Waals surface area contributed by atoms with Crippen molar-refractivity contribution < 1.29 is 18.4 Å². The molecule has 156 valence electrons. The number of nitrogens with zero attached hydrogens (tertiary/aromatic N) is 1. The van der Waals surface area contributed by atoms with Gasteiger partial charge < -0.3 is 10.2 Å². The van der Waals surface area contributed by atoms with Crippen molar-refractivity contribution in [1.29, 1.82) is 0 Å². The van der Waals surface area contributed by atoms with Crippen molar-refractivity contribution in [2.75, 3.05) is 18.4 Å². The maximum atomic E-state index is 13.5. The zero-order chi connectivity index (χ0) is 20.7. The molecule has 5 fully saturated rings. The van der Waals surface area contributed by atoms with Crippen molar-refractivity contribution in [3.8, 4) is 0 Å². The standard InChI is InChI=1S/C24H24F2N2O2/c25-24(26)12-28(13-24)21(29)19-8-16-3-1-2-4-17(16)9-20(19)27-22(30)23-10-14-5-15(11-23)7-18(23)6-14/h1-4,8-9,14-15,18H,5-7,10-13H2,(H,27,30). The van der Waals surface area contributed by atoms with Gasteiger partial charge in [-0.25, -0.2) is 8.78 Å². The molecule has 1 heterocycles. The summed E-state index contributed by atoms with van der Waals surface area (Å²) in [5.74, 6) is -1.53. The number of halogens is 2. The van der Waals surface area contributed by atoms with Crippen LogP contribution in [0.3, 0.4) is 0 Å². The lowest BCUT2D eigenvalue weighted by molar-refractivity contribution is -0.127. The Bertz CT molecular complexity index is 1060. The molecule has 1 N–H and O–H groups in total. The molecule has 7 rings (SSSR count). The lowest BCUT2D eigenvalue weighted by atomic mass is 9.75. The number of alkyl halides is 2. The second-order valence-corrected chi connectivity index (χ2v) is 9.92. The van der Waals surface area contributed by atoms with Gasteiger partial charge in [-0.05, 0) is 72.8 Å². The van der Waals surface area contributed by atoms with Crippen molar-refractivity contribution in [2.45, 2.75) is 38.0 Å². The lowest BCUT2D eigenvalue weighted by Crippen LogP contribution is -2.58. The Morgan fingerprint density at radius 2 is 1.60 bits per heavy atom. The minimum Gasteiger partial charge on any atom is -0.326 e. The fraction of sp³-hybridized carbons (Fsp3) is 0.500. The molecule has 0 radical (unpaired) electrons. The van der Waals surface area contributed by atoms with Crippen LogP contribution in [0.15, 0.2) is 36.4 Å². The number of benzene rings is 2. The molecule has 4 aliphatic carbocycles. The van der Waals surface area contributed by atoms with Crippen molar-refractivity contribution in [3.63, 3.8) is 0 Å². The Morgan fingerprint density at radius 3 is 2.23 bits per heavy atom. The number of fused-ring (bicyclic) bond motifs is 1. The highest BCUT2D eigenvalue weighted by Gasteiger charge is 2.61. The Balaban J connectivity index is 1.35. The van der Waals surface area contributed by atoms with E-state index in [-0.39, 0.29) is 11.3 Å². The highest BCUT2D eigenvalue weighted by Crippen LogP contribution is 2.65. The molecule has 2 amide bonds. The summed E-state index contributed by atoms with van der Waals surface area (Å²) >= 11 is 0. The zero-order valence-electron chi connectivity index (χ0n) is 16.7. The number of hydrogen-bond acceptors (Lipinski definition) is 2. The predicted molar refractivity (Wildman–Crippen MR) is 109 cm³/mol. The van der Waals surface area contributed by atoms with Crippen LogP contribution in [0.2, 0.25) is 0 Å². The van der Waals surface area contributed by atoms with Crippen LogP contribution in [-0.4, -0.2) is 35.7 Å². The second kappa shape index (κ2) is 6.02. The third-order valence-corrected chi connectivity index (χ3v) is 7.94. The van der Waals surface area contributed by atoms with Crippen molar-refractivity contribution in [1.82, 2.24) is 4.90 Å². The van der Waals surface area contributed by atoms with E-state index in [1.165, 1.54) is 6.42 Å². The molecular weight excluding hydrogens is 386 g/mol. The summed E-state index contributed by atoms with van der Waals surface area (Å²) in [4.78, 5) is 27.7. The molecule has 4 bridgehead atoms. The first-order chi connectivity index (χ1) is 14.3. The molecule has 0 spiro atoms. The van der Waals surface area contributed by atoms with E-state index in [0.29, 0.717) is 29.0 Å². The minimum atomic E-state index is -2.82. The number of likely N-dealkylation sites (tertiary alicyclic amines) is 1. The molecule has 4 nitrogen and oxygen atoms in total. The second-order valence-electron chi connectivity index (χ2n) is 9.92. The van der Waals surface area contributed by atoms with Crippen LogP contribution in [0.25, 0.3) is 10.8 Å². The van der Waals surface area contributed by atoms with Crippen molar-refractivity contribution in [2.24, 2.45) is 23.2 Å². The van der Waals surface area contributed by atoms with Gasteiger partial charge in [-0.1, -0.05) is 24.3 Å². The first-order valence-electron chi connectivity index (χ1n) is 10.8. The van der Waals surface area contributed by atoms with E-state index in [4.69, 9.17) is 0 Å². The Kier molecular flexibility index (Phi) is 3.67. The van der Waals surface area contributed by atoms with Crippen LogP contribution >= 0.6 is 0 Å². The molecule has 2 aromatic rings. The Morgan fingerprint density at radius 1 is 0.967 bits per heavy atom. The summed E-state index contributed by atoms with van der Waals surface area (Å²) in [6.45, 7) is -1.14. The Hall–Kier alpha value is -2.50. The summed E-state index contributed by atoms with van der Waals surface area (Å²) < 4.78 is 26.7. The number of carbonyl (C=O) groups is 2. The summed E-state index contributed by atoms with van der Waals surface area (Å²) in [6.07, 6.45) is 5.39. The van der Waals surface area contributed by atoms with Gasteiger partial charge in [0.2, 0.25) is 5.91 Å². The summed E-state index contributed by atoms with van der Waals surface area (Å²) in [5, 5.41) is 4.84. The normalized spacial score (nSPS) is 33.0. The molecular formula is C24H24F2N2O2. The van der Waals surface area contributed by atoms with E-state index in [1.807, 2.05) is 30.3 Å².